The number of carbonyl (C=O) groups excluding carboxylic acids is 2. The molecule has 7 heteroatoms. The molecule has 1 aromatic heterocycles. The number of nitrogens with one attached hydrogen (secondary N) is 1. The Bertz CT molecular complexity index is 1090. The molecule has 1 aliphatic rings. The monoisotopic (exact) mass is 477 g/mol. The Hall–Kier alpha value is -3.48. The maximum absolute atomic E-state index is 13.1. The summed E-state index contributed by atoms with van der Waals surface area (Å²) < 4.78 is 18.5. The molecule has 2 aromatic carbocycles. The van der Waals surface area contributed by atoms with Gasteiger partial charge in [0.2, 0.25) is 5.91 Å². The van der Waals surface area contributed by atoms with Crippen LogP contribution in [-0.2, 0) is 24.3 Å². The molecule has 1 heterocycles. The third-order valence-corrected chi connectivity index (χ3v) is 6.61. The van der Waals surface area contributed by atoms with E-state index in [1.54, 1.807) is 18.2 Å². The lowest BCUT2D eigenvalue weighted by Gasteiger charge is -2.22. The predicted molar refractivity (Wildman–Crippen MR) is 131 cm³/mol. The second kappa shape index (κ2) is 12.3. The van der Waals surface area contributed by atoms with E-state index in [1.165, 1.54) is 43.4 Å². The molecule has 0 bridgehead atoms. The summed E-state index contributed by atoms with van der Waals surface area (Å²) in [7, 11) is 0. The predicted octanol–water partition coefficient (Wildman–Crippen LogP) is 5.29. The van der Waals surface area contributed by atoms with Gasteiger partial charge in [-0.1, -0.05) is 73.3 Å². The minimum atomic E-state index is -0.382. The van der Waals surface area contributed by atoms with E-state index in [-0.39, 0.29) is 36.4 Å². The van der Waals surface area contributed by atoms with Crippen LogP contribution < -0.4 is 5.32 Å². The van der Waals surface area contributed by atoms with Gasteiger partial charge in [0.1, 0.15) is 5.82 Å². The van der Waals surface area contributed by atoms with Crippen LogP contribution in [0.3, 0.4) is 0 Å². The van der Waals surface area contributed by atoms with Crippen molar-refractivity contribution in [2.45, 2.75) is 58.0 Å². The third kappa shape index (κ3) is 7.50. The average molecular weight is 478 g/mol. The second-order valence-electron chi connectivity index (χ2n) is 9.23. The molecular formula is C28H32FN3O3. The van der Waals surface area contributed by atoms with E-state index in [9.17, 15) is 14.0 Å². The Labute approximate surface area is 205 Å². The lowest BCUT2D eigenvalue weighted by atomic mass is 10.0. The van der Waals surface area contributed by atoms with E-state index < -0.39 is 0 Å². The molecule has 6 nitrogen and oxygen atoms in total. The van der Waals surface area contributed by atoms with Gasteiger partial charge in [-0.05, 0) is 42.0 Å². The van der Waals surface area contributed by atoms with Crippen molar-refractivity contribution in [1.82, 2.24) is 15.4 Å². The summed E-state index contributed by atoms with van der Waals surface area (Å²) in [5.41, 5.74) is 2.10. The molecule has 184 valence electrons. The molecule has 35 heavy (non-hydrogen) atoms. The molecule has 1 saturated carbocycles. The Balaban J connectivity index is 1.35. The normalized spacial score (nSPS) is 13.6. The number of hydrogen-bond donors (Lipinski definition) is 1. The van der Waals surface area contributed by atoms with Crippen molar-refractivity contribution in [1.29, 1.82) is 0 Å². The van der Waals surface area contributed by atoms with Crippen LogP contribution in [0.4, 0.5) is 4.39 Å². The molecular weight excluding hydrogens is 445 g/mol. The highest BCUT2D eigenvalue weighted by Gasteiger charge is 2.21. The van der Waals surface area contributed by atoms with Gasteiger partial charge in [-0.3, -0.25) is 9.59 Å². The number of benzene rings is 2. The fourth-order valence-electron chi connectivity index (χ4n) is 4.54. The van der Waals surface area contributed by atoms with Crippen LogP contribution in [0, 0.1) is 11.7 Å². The quantitative estimate of drug-likeness (QED) is 0.407. The van der Waals surface area contributed by atoms with Gasteiger partial charge < -0.3 is 14.7 Å². The summed E-state index contributed by atoms with van der Waals surface area (Å²) in [6.07, 6.45) is 7.16. The molecule has 1 N–H and O–H groups in total. The van der Waals surface area contributed by atoms with Crippen LogP contribution in [-0.4, -0.2) is 28.4 Å². The molecule has 3 aromatic rings. The van der Waals surface area contributed by atoms with Gasteiger partial charge in [0, 0.05) is 25.6 Å². The van der Waals surface area contributed by atoms with Gasteiger partial charge in [0.15, 0.2) is 11.5 Å². The molecule has 0 atom stereocenters. The maximum atomic E-state index is 13.1. The van der Waals surface area contributed by atoms with Crippen LogP contribution in [0.5, 0.6) is 0 Å². The second-order valence-corrected chi connectivity index (χ2v) is 9.23. The van der Waals surface area contributed by atoms with Crippen molar-refractivity contribution in [2.75, 3.05) is 6.54 Å². The molecule has 4 rings (SSSR count). The van der Waals surface area contributed by atoms with Crippen LogP contribution in [0.2, 0.25) is 0 Å². The lowest BCUT2D eigenvalue weighted by molar-refractivity contribution is -0.132. The van der Waals surface area contributed by atoms with E-state index in [0.717, 1.165) is 18.4 Å². The van der Waals surface area contributed by atoms with Crippen LogP contribution in [0.15, 0.2) is 65.2 Å². The molecule has 0 spiro atoms. The van der Waals surface area contributed by atoms with Crippen molar-refractivity contribution < 1.29 is 18.5 Å². The highest BCUT2D eigenvalue weighted by molar-refractivity contribution is 5.92. The minimum Gasteiger partial charge on any atom is -0.359 e. The number of aromatic nitrogens is 1. The number of rotatable bonds is 11. The zero-order valence-corrected chi connectivity index (χ0v) is 19.9. The SMILES string of the molecule is O=C(NCc1ccc(F)cc1)c1cc(CN(CCc2ccccc2)C(=O)CCC2CCCC2)on1. The fraction of sp³-hybridized carbons (Fsp3) is 0.393. The summed E-state index contributed by atoms with van der Waals surface area (Å²) >= 11 is 0. The molecule has 0 radical (unpaired) electrons. The summed E-state index contributed by atoms with van der Waals surface area (Å²) in [4.78, 5) is 27.4. The van der Waals surface area contributed by atoms with Gasteiger partial charge in [0.05, 0.1) is 6.54 Å². The Morgan fingerprint density at radius 3 is 2.51 bits per heavy atom. The average Bonchev–Trinajstić information content (AvgIpc) is 3.57. The van der Waals surface area contributed by atoms with E-state index in [2.05, 4.69) is 22.6 Å². The molecule has 1 fully saturated rings. The van der Waals surface area contributed by atoms with Gasteiger partial charge in [-0.15, -0.1) is 0 Å². The van der Waals surface area contributed by atoms with Crippen molar-refractivity contribution >= 4 is 11.8 Å². The van der Waals surface area contributed by atoms with Crippen molar-refractivity contribution in [3.63, 3.8) is 0 Å². The van der Waals surface area contributed by atoms with Gasteiger partial charge in [-0.25, -0.2) is 4.39 Å². The first-order valence-corrected chi connectivity index (χ1v) is 12.4. The van der Waals surface area contributed by atoms with E-state index in [1.807, 2.05) is 23.1 Å². The van der Waals surface area contributed by atoms with Crippen molar-refractivity contribution in [3.8, 4) is 0 Å². The molecule has 0 saturated heterocycles. The largest absolute Gasteiger partial charge is 0.359 e. The molecule has 0 unspecified atom stereocenters. The minimum absolute atomic E-state index is 0.103. The Morgan fingerprint density at radius 2 is 1.77 bits per heavy atom. The Kier molecular flexibility index (Phi) is 8.65. The number of amides is 2. The zero-order chi connectivity index (χ0) is 24.5. The number of nitrogens with zero attached hydrogens (tertiary/aromatic N) is 2. The number of halogens is 1. The van der Waals surface area contributed by atoms with Gasteiger partial charge in [0.25, 0.3) is 5.91 Å². The topological polar surface area (TPSA) is 75.4 Å². The first kappa shape index (κ1) is 24.6. The standard InChI is InChI=1S/C28H32FN3O3/c29-24-13-10-23(11-14-24)19-30-28(34)26-18-25(35-31-26)20-32(17-16-22-6-2-1-3-7-22)27(33)15-12-21-8-4-5-9-21/h1-3,6-7,10-11,13-14,18,21H,4-5,8-9,12,15-17,19-20H2,(H,30,34). The highest BCUT2D eigenvalue weighted by Crippen LogP contribution is 2.29. The van der Waals surface area contributed by atoms with Gasteiger partial charge in [-0.2, -0.15) is 0 Å². The fourth-order valence-corrected chi connectivity index (χ4v) is 4.54. The maximum Gasteiger partial charge on any atom is 0.273 e. The molecule has 1 aliphatic carbocycles. The third-order valence-electron chi connectivity index (χ3n) is 6.61. The van der Waals surface area contributed by atoms with Crippen LogP contribution in [0.25, 0.3) is 0 Å². The van der Waals surface area contributed by atoms with E-state index >= 15 is 0 Å². The number of hydrogen-bond acceptors (Lipinski definition) is 4. The molecule has 2 amide bonds. The van der Waals surface area contributed by atoms with Crippen molar-refractivity contribution in [3.05, 3.63) is 89.1 Å². The highest BCUT2D eigenvalue weighted by atomic mass is 19.1. The van der Waals surface area contributed by atoms with E-state index in [0.29, 0.717) is 24.6 Å². The van der Waals surface area contributed by atoms with E-state index in [4.69, 9.17) is 4.52 Å². The van der Waals surface area contributed by atoms with Crippen LogP contribution >= 0.6 is 0 Å². The summed E-state index contributed by atoms with van der Waals surface area (Å²) in [6, 6.07) is 17.6. The number of carbonyl (C=O) groups is 2. The zero-order valence-electron chi connectivity index (χ0n) is 19.9. The smallest absolute Gasteiger partial charge is 0.273 e. The van der Waals surface area contributed by atoms with Crippen molar-refractivity contribution in [2.24, 2.45) is 5.92 Å². The van der Waals surface area contributed by atoms with Gasteiger partial charge >= 0.3 is 0 Å². The first-order valence-electron chi connectivity index (χ1n) is 12.4. The lowest BCUT2D eigenvalue weighted by Crippen LogP contribution is -2.32. The summed E-state index contributed by atoms with van der Waals surface area (Å²) in [6.45, 7) is 1.10. The summed E-state index contributed by atoms with van der Waals surface area (Å²) in [5, 5.41) is 6.66. The van der Waals surface area contributed by atoms with Crippen LogP contribution in [0.1, 0.15) is 65.9 Å². The first-order chi connectivity index (χ1) is 17.1. The summed E-state index contributed by atoms with van der Waals surface area (Å²) in [5.74, 6) is 0.519. The molecule has 0 aliphatic heterocycles. The Morgan fingerprint density at radius 1 is 1.03 bits per heavy atom.